The zero-order valence-corrected chi connectivity index (χ0v) is 18.9. The van der Waals surface area contributed by atoms with Crippen LogP contribution in [0.2, 0.25) is 0 Å². The monoisotopic (exact) mass is 465 g/mol. The Morgan fingerprint density at radius 3 is 2.76 bits per heavy atom. The molecule has 33 heavy (non-hydrogen) atoms. The lowest BCUT2D eigenvalue weighted by Gasteiger charge is -2.24. The number of nitrogens with one attached hydrogen (secondary N) is 3. The van der Waals surface area contributed by atoms with Gasteiger partial charge in [-0.05, 0) is 30.0 Å². The summed E-state index contributed by atoms with van der Waals surface area (Å²) in [5.41, 5.74) is 1.84. The molecule has 0 aliphatic heterocycles. The van der Waals surface area contributed by atoms with Crippen molar-refractivity contribution in [1.29, 1.82) is 0 Å². The average molecular weight is 466 g/mol. The predicted molar refractivity (Wildman–Crippen MR) is 125 cm³/mol. The number of aryl methyl sites for hydroxylation is 1. The summed E-state index contributed by atoms with van der Waals surface area (Å²) >= 11 is 1.29. The number of aromatic nitrogens is 2. The van der Waals surface area contributed by atoms with E-state index in [0.717, 1.165) is 16.5 Å². The minimum absolute atomic E-state index is 0.204. The highest BCUT2D eigenvalue weighted by molar-refractivity contribution is 7.12. The number of thiophene rings is 1. The van der Waals surface area contributed by atoms with Crippen molar-refractivity contribution in [2.45, 2.75) is 19.4 Å². The van der Waals surface area contributed by atoms with Gasteiger partial charge in [0.25, 0.3) is 5.91 Å². The van der Waals surface area contributed by atoms with Crippen LogP contribution in [0.25, 0.3) is 10.9 Å². The lowest BCUT2D eigenvalue weighted by Crippen LogP contribution is -2.50. The molecule has 0 unspecified atom stereocenters. The standard InChI is InChI=1S/C23H23N5O4S/c1-14-10-20(27-32-14)26-21(29)13-28(2)23(31)18(25-22(30)19-8-5-9-33-19)11-15-12-24-17-7-4-3-6-16(15)17/h3-10,12,18,24H,11,13H2,1-2H3,(H,25,30)(H,26,27,29)/t18-/m0/s1. The SMILES string of the molecule is Cc1cc(NC(=O)CN(C)C(=O)[C@H](Cc2c[nH]c3ccccc23)NC(=O)c2cccs2)no1. The first-order valence-electron chi connectivity index (χ1n) is 10.3. The van der Waals surface area contributed by atoms with Crippen molar-refractivity contribution < 1.29 is 18.9 Å². The van der Waals surface area contributed by atoms with Gasteiger partial charge < -0.3 is 25.0 Å². The second-order valence-corrected chi connectivity index (χ2v) is 8.58. The van der Waals surface area contributed by atoms with E-state index < -0.39 is 11.9 Å². The van der Waals surface area contributed by atoms with Crippen LogP contribution in [0.4, 0.5) is 5.82 Å². The Kier molecular flexibility index (Phi) is 6.55. The molecule has 3 N–H and O–H groups in total. The molecule has 0 fully saturated rings. The Bertz CT molecular complexity index is 1280. The zero-order chi connectivity index (χ0) is 23.4. The van der Waals surface area contributed by atoms with Crippen LogP contribution in [0, 0.1) is 6.92 Å². The molecular formula is C23H23N5O4S. The second-order valence-electron chi connectivity index (χ2n) is 7.63. The normalized spacial score (nSPS) is 11.8. The maximum atomic E-state index is 13.3. The van der Waals surface area contributed by atoms with E-state index in [4.69, 9.17) is 4.52 Å². The molecule has 10 heteroatoms. The smallest absolute Gasteiger partial charge is 0.262 e. The number of para-hydroxylation sites is 1. The molecule has 0 aliphatic rings. The number of nitrogens with zero attached hydrogens (tertiary/aromatic N) is 2. The van der Waals surface area contributed by atoms with Crippen LogP contribution in [0.1, 0.15) is 21.0 Å². The summed E-state index contributed by atoms with van der Waals surface area (Å²) in [6.45, 7) is 1.51. The van der Waals surface area contributed by atoms with Crippen LogP contribution in [0.5, 0.6) is 0 Å². The van der Waals surface area contributed by atoms with E-state index >= 15 is 0 Å². The number of rotatable bonds is 8. The van der Waals surface area contributed by atoms with E-state index in [-0.39, 0.29) is 30.6 Å². The molecule has 170 valence electrons. The molecule has 4 rings (SSSR count). The molecule has 0 bridgehead atoms. The summed E-state index contributed by atoms with van der Waals surface area (Å²) < 4.78 is 4.93. The largest absolute Gasteiger partial charge is 0.361 e. The second kappa shape index (κ2) is 9.70. The molecule has 1 atom stereocenters. The van der Waals surface area contributed by atoms with Crippen molar-refractivity contribution in [3.63, 3.8) is 0 Å². The number of H-pyrrole nitrogens is 1. The highest BCUT2D eigenvalue weighted by atomic mass is 32.1. The fraction of sp³-hybridized carbons (Fsp3) is 0.217. The summed E-state index contributed by atoms with van der Waals surface area (Å²) in [5.74, 6) is -0.296. The van der Waals surface area contributed by atoms with Crippen LogP contribution in [-0.2, 0) is 16.0 Å². The zero-order valence-electron chi connectivity index (χ0n) is 18.1. The topological polar surface area (TPSA) is 120 Å². The lowest BCUT2D eigenvalue weighted by atomic mass is 10.0. The number of benzene rings is 1. The minimum Gasteiger partial charge on any atom is -0.361 e. The van der Waals surface area contributed by atoms with Gasteiger partial charge in [0, 0.05) is 36.6 Å². The predicted octanol–water partition coefficient (Wildman–Crippen LogP) is 2.96. The van der Waals surface area contributed by atoms with Gasteiger partial charge in [-0.25, -0.2) is 0 Å². The summed E-state index contributed by atoms with van der Waals surface area (Å²) in [6.07, 6.45) is 2.11. The maximum absolute atomic E-state index is 13.3. The van der Waals surface area contributed by atoms with E-state index in [1.807, 2.05) is 30.5 Å². The van der Waals surface area contributed by atoms with Crippen LogP contribution >= 0.6 is 11.3 Å². The van der Waals surface area contributed by atoms with Crippen LogP contribution < -0.4 is 10.6 Å². The van der Waals surface area contributed by atoms with Gasteiger partial charge in [0.2, 0.25) is 11.8 Å². The number of anilines is 1. The summed E-state index contributed by atoms with van der Waals surface area (Å²) in [6, 6.07) is 12.0. The Hall–Kier alpha value is -3.92. The van der Waals surface area contributed by atoms with Crippen molar-refractivity contribution in [3.8, 4) is 0 Å². The van der Waals surface area contributed by atoms with Crippen LogP contribution in [-0.4, -0.2) is 52.4 Å². The van der Waals surface area contributed by atoms with Gasteiger partial charge in [-0.15, -0.1) is 11.3 Å². The quantitative estimate of drug-likeness (QED) is 0.370. The van der Waals surface area contributed by atoms with Gasteiger partial charge >= 0.3 is 0 Å². The van der Waals surface area contributed by atoms with Crippen molar-refractivity contribution in [2.24, 2.45) is 0 Å². The van der Waals surface area contributed by atoms with Crippen molar-refractivity contribution in [2.75, 3.05) is 18.9 Å². The summed E-state index contributed by atoms with van der Waals surface area (Å²) in [4.78, 5) is 43.4. The first kappa shape index (κ1) is 22.3. The average Bonchev–Trinajstić information content (AvgIpc) is 3.54. The number of fused-ring (bicyclic) bond motifs is 1. The molecule has 3 heterocycles. The van der Waals surface area contributed by atoms with Gasteiger partial charge in [-0.3, -0.25) is 14.4 Å². The third-order valence-corrected chi connectivity index (χ3v) is 5.97. The number of amides is 3. The third-order valence-electron chi connectivity index (χ3n) is 5.10. The fourth-order valence-electron chi connectivity index (χ4n) is 3.52. The number of hydrogen-bond donors (Lipinski definition) is 3. The third kappa shape index (κ3) is 5.29. The number of hydrogen-bond acceptors (Lipinski definition) is 6. The van der Waals surface area contributed by atoms with Crippen LogP contribution in [0.15, 0.2) is 58.6 Å². The number of aromatic amines is 1. The molecule has 0 radical (unpaired) electrons. The molecule has 0 saturated heterocycles. The van der Waals surface area contributed by atoms with E-state index in [0.29, 0.717) is 10.6 Å². The number of likely N-dealkylation sites (N-methyl/N-ethyl adjacent to an activating group) is 1. The molecule has 9 nitrogen and oxygen atoms in total. The Morgan fingerprint density at radius 1 is 1.21 bits per heavy atom. The molecule has 0 aliphatic carbocycles. The Morgan fingerprint density at radius 2 is 2.03 bits per heavy atom. The Balaban J connectivity index is 1.50. The van der Waals surface area contributed by atoms with E-state index in [2.05, 4.69) is 20.8 Å². The Labute approximate surface area is 193 Å². The highest BCUT2D eigenvalue weighted by Gasteiger charge is 2.27. The van der Waals surface area contributed by atoms with E-state index in [1.165, 1.54) is 23.3 Å². The lowest BCUT2D eigenvalue weighted by molar-refractivity contribution is -0.135. The van der Waals surface area contributed by atoms with E-state index in [9.17, 15) is 14.4 Å². The highest BCUT2D eigenvalue weighted by Crippen LogP contribution is 2.20. The van der Waals surface area contributed by atoms with Gasteiger partial charge in [-0.1, -0.05) is 29.4 Å². The molecular weight excluding hydrogens is 442 g/mol. The van der Waals surface area contributed by atoms with E-state index in [1.54, 1.807) is 30.5 Å². The fourth-order valence-corrected chi connectivity index (χ4v) is 4.15. The van der Waals surface area contributed by atoms with Crippen molar-refractivity contribution in [3.05, 3.63) is 70.2 Å². The molecule has 4 aromatic rings. The summed E-state index contributed by atoms with van der Waals surface area (Å²) in [5, 5.41) is 11.9. The molecule has 3 aromatic heterocycles. The first-order chi connectivity index (χ1) is 15.9. The first-order valence-corrected chi connectivity index (χ1v) is 11.2. The van der Waals surface area contributed by atoms with Gasteiger partial charge in [0.15, 0.2) is 5.82 Å². The number of carbonyl (C=O) groups excluding carboxylic acids is 3. The van der Waals surface area contributed by atoms with Gasteiger partial charge in [0.05, 0.1) is 11.4 Å². The molecule has 3 amide bonds. The van der Waals surface area contributed by atoms with Crippen molar-refractivity contribution in [1.82, 2.24) is 20.4 Å². The van der Waals surface area contributed by atoms with Crippen LogP contribution in [0.3, 0.4) is 0 Å². The van der Waals surface area contributed by atoms with Crippen molar-refractivity contribution >= 4 is 45.8 Å². The number of carbonyl (C=O) groups is 3. The molecule has 1 aromatic carbocycles. The summed E-state index contributed by atoms with van der Waals surface area (Å²) in [7, 11) is 1.52. The molecule has 0 spiro atoms. The van der Waals surface area contributed by atoms with Gasteiger partial charge in [-0.2, -0.15) is 0 Å². The molecule has 0 saturated carbocycles. The maximum Gasteiger partial charge on any atom is 0.262 e. The minimum atomic E-state index is -0.856. The van der Waals surface area contributed by atoms with Gasteiger partial charge in [0.1, 0.15) is 11.8 Å².